The minimum absolute atomic E-state index is 0.0134. The van der Waals surface area contributed by atoms with Crippen molar-refractivity contribution in [3.05, 3.63) is 47.5 Å². The first-order chi connectivity index (χ1) is 12.8. The first kappa shape index (κ1) is 16.1. The van der Waals surface area contributed by atoms with E-state index in [-0.39, 0.29) is 5.54 Å². The molecule has 2 fully saturated rings. The number of hydrogen-bond acceptors (Lipinski definition) is 4. The molecule has 2 aliphatic heterocycles. The molecule has 2 heterocycles. The lowest BCUT2D eigenvalue weighted by Gasteiger charge is -2.51. The first-order valence-corrected chi connectivity index (χ1v) is 9.90. The second kappa shape index (κ2) is 6.25. The van der Waals surface area contributed by atoms with Crippen molar-refractivity contribution in [2.75, 3.05) is 26.3 Å². The summed E-state index contributed by atoms with van der Waals surface area (Å²) < 4.78 is 5.52. The number of benzene rings is 1. The van der Waals surface area contributed by atoms with Gasteiger partial charge in [-0.15, -0.1) is 0 Å². The standard InChI is InChI=1S/C22H25N3O/c23-15-16-1-3-17(4-2-16)21-18-5-7-19(8-6-18)22(21)10-9-20(24-22)25-11-13-26-14-12-25/h1-5,7,18-19,21H,6,8-14H2. The van der Waals surface area contributed by atoms with Gasteiger partial charge in [0.05, 0.1) is 36.2 Å². The molecule has 1 aromatic rings. The minimum Gasteiger partial charge on any atom is -0.378 e. The number of aliphatic imine (C=N–C) groups is 1. The van der Waals surface area contributed by atoms with E-state index >= 15 is 0 Å². The highest BCUT2D eigenvalue weighted by Gasteiger charge is 2.55. The van der Waals surface area contributed by atoms with E-state index in [2.05, 4.69) is 35.3 Å². The van der Waals surface area contributed by atoms with Crippen molar-refractivity contribution < 1.29 is 4.74 Å². The summed E-state index contributed by atoms with van der Waals surface area (Å²) in [5.74, 6) is 2.86. The number of nitriles is 1. The molecule has 4 unspecified atom stereocenters. The summed E-state index contributed by atoms with van der Waals surface area (Å²) in [6.45, 7) is 3.58. The highest BCUT2D eigenvalue weighted by atomic mass is 16.5. The first-order valence-electron chi connectivity index (χ1n) is 9.90. The Bertz CT molecular complexity index is 785. The Morgan fingerprint density at radius 3 is 2.62 bits per heavy atom. The molecule has 0 radical (unpaired) electrons. The smallest absolute Gasteiger partial charge is 0.0998 e. The quantitative estimate of drug-likeness (QED) is 0.731. The lowest BCUT2D eigenvalue weighted by atomic mass is 9.55. The van der Waals surface area contributed by atoms with E-state index in [1.165, 1.54) is 24.2 Å². The SMILES string of the molecule is N#Cc1ccc(C2C3C=CC(CC3)C23CCC(N2CCOCC2)=N3)cc1. The van der Waals surface area contributed by atoms with Gasteiger partial charge >= 0.3 is 0 Å². The number of ether oxygens (including phenoxy) is 1. The van der Waals surface area contributed by atoms with Crippen LogP contribution in [0, 0.1) is 23.2 Å². The molecule has 1 spiro atoms. The Kier molecular flexibility index (Phi) is 3.86. The van der Waals surface area contributed by atoms with Gasteiger partial charge in [-0.05, 0) is 42.9 Å². The van der Waals surface area contributed by atoms with Crippen molar-refractivity contribution in [2.45, 2.75) is 37.1 Å². The molecule has 0 aromatic heterocycles. The summed E-state index contributed by atoms with van der Waals surface area (Å²) in [6, 6.07) is 10.5. The van der Waals surface area contributed by atoms with E-state index in [0.717, 1.165) is 44.7 Å². The number of allylic oxidation sites excluding steroid dienone is 1. The molecule has 0 N–H and O–H groups in total. The predicted octanol–water partition coefficient (Wildman–Crippen LogP) is 3.50. The lowest BCUT2D eigenvalue weighted by Crippen LogP contribution is -2.49. The van der Waals surface area contributed by atoms with Crippen LogP contribution in [0.2, 0.25) is 0 Å². The molecule has 6 rings (SSSR count). The van der Waals surface area contributed by atoms with Gasteiger partial charge in [-0.1, -0.05) is 24.3 Å². The Balaban J connectivity index is 1.53. The number of hydrogen-bond donors (Lipinski definition) is 0. The number of fused-ring (bicyclic) bond motifs is 1. The summed E-state index contributed by atoms with van der Waals surface area (Å²) in [4.78, 5) is 7.90. The van der Waals surface area contributed by atoms with Gasteiger partial charge in [-0.3, -0.25) is 4.99 Å². The van der Waals surface area contributed by atoms with Crippen molar-refractivity contribution in [2.24, 2.45) is 16.8 Å². The Morgan fingerprint density at radius 1 is 1.12 bits per heavy atom. The van der Waals surface area contributed by atoms with Crippen LogP contribution in [-0.2, 0) is 4.74 Å². The molecule has 3 aliphatic carbocycles. The number of rotatable bonds is 1. The predicted molar refractivity (Wildman–Crippen MR) is 101 cm³/mol. The van der Waals surface area contributed by atoms with E-state index in [1.807, 2.05) is 12.1 Å². The third kappa shape index (κ3) is 2.41. The fourth-order valence-corrected chi connectivity index (χ4v) is 5.65. The second-order valence-corrected chi connectivity index (χ2v) is 8.06. The maximum Gasteiger partial charge on any atom is 0.0998 e. The number of nitrogens with zero attached hydrogens (tertiary/aromatic N) is 3. The van der Waals surface area contributed by atoms with Crippen LogP contribution < -0.4 is 0 Å². The molecule has 4 heteroatoms. The van der Waals surface area contributed by atoms with Crippen molar-refractivity contribution >= 4 is 5.84 Å². The third-order valence-corrected chi connectivity index (χ3v) is 6.87. The highest BCUT2D eigenvalue weighted by Crippen LogP contribution is 2.58. The lowest BCUT2D eigenvalue weighted by molar-refractivity contribution is 0.0673. The summed E-state index contributed by atoms with van der Waals surface area (Å²) >= 11 is 0. The van der Waals surface area contributed by atoms with Gasteiger partial charge in [0.15, 0.2) is 0 Å². The van der Waals surface area contributed by atoms with Crippen LogP contribution in [0.15, 0.2) is 41.4 Å². The van der Waals surface area contributed by atoms with Crippen molar-refractivity contribution in [1.82, 2.24) is 4.90 Å². The molecular formula is C22H25N3O. The maximum atomic E-state index is 9.13. The average molecular weight is 347 g/mol. The van der Waals surface area contributed by atoms with Gasteiger partial charge in [0, 0.05) is 31.3 Å². The fraction of sp³-hybridized carbons (Fsp3) is 0.545. The van der Waals surface area contributed by atoms with Crippen LogP contribution in [0.5, 0.6) is 0 Å². The van der Waals surface area contributed by atoms with E-state index in [1.54, 1.807) is 0 Å². The monoisotopic (exact) mass is 347 g/mol. The Hall–Kier alpha value is -2.12. The third-order valence-electron chi connectivity index (χ3n) is 6.87. The molecule has 0 amide bonds. The van der Waals surface area contributed by atoms with Gasteiger partial charge < -0.3 is 9.64 Å². The van der Waals surface area contributed by atoms with Gasteiger partial charge in [0.2, 0.25) is 0 Å². The Labute approximate surface area is 155 Å². The van der Waals surface area contributed by atoms with Crippen LogP contribution in [0.25, 0.3) is 0 Å². The summed E-state index contributed by atoms with van der Waals surface area (Å²) in [5, 5.41) is 9.13. The zero-order chi connectivity index (χ0) is 17.6. The molecule has 5 aliphatic rings. The van der Waals surface area contributed by atoms with Gasteiger partial charge in [0.25, 0.3) is 0 Å². The van der Waals surface area contributed by atoms with E-state index < -0.39 is 0 Å². The zero-order valence-corrected chi connectivity index (χ0v) is 15.1. The normalized spacial score (nSPS) is 35.6. The molecule has 134 valence electrons. The molecule has 1 saturated heterocycles. The van der Waals surface area contributed by atoms with Gasteiger partial charge in [-0.2, -0.15) is 5.26 Å². The molecule has 1 aromatic carbocycles. The van der Waals surface area contributed by atoms with Crippen LogP contribution in [-0.4, -0.2) is 42.6 Å². The second-order valence-electron chi connectivity index (χ2n) is 8.06. The molecule has 2 bridgehead atoms. The average Bonchev–Trinajstić information content (AvgIpc) is 3.15. The summed E-state index contributed by atoms with van der Waals surface area (Å²) in [7, 11) is 0. The van der Waals surface area contributed by atoms with Crippen LogP contribution in [0.1, 0.15) is 42.7 Å². The van der Waals surface area contributed by atoms with Crippen LogP contribution in [0.4, 0.5) is 0 Å². The summed E-state index contributed by atoms with van der Waals surface area (Å²) in [6.07, 6.45) is 9.63. The van der Waals surface area contributed by atoms with E-state index in [9.17, 15) is 0 Å². The molecule has 26 heavy (non-hydrogen) atoms. The maximum absolute atomic E-state index is 9.13. The number of morpholine rings is 1. The van der Waals surface area contributed by atoms with Crippen LogP contribution in [0.3, 0.4) is 0 Å². The topological polar surface area (TPSA) is 48.6 Å². The largest absolute Gasteiger partial charge is 0.378 e. The summed E-state index contributed by atoms with van der Waals surface area (Å²) in [5.41, 5.74) is 2.11. The Morgan fingerprint density at radius 2 is 1.92 bits per heavy atom. The highest BCUT2D eigenvalue weighted by molar-refractivity contribution is 5.85. The number of amidine groups is 1. The van der Waals surface area contributed by atoms with Crippen molar-refractivity contribution in [3.8, 4) is 6.07 Å². The molecule has 4 atom stereocenters. The van der Waals surface area contributed by atoms with E-state index in [0.29, 0.717) is 17.8 Å². The molecule has 4 nitrogen and oxygen atoms in total. The van der Waals surface area contributed by atoms with E-state index in [4.69, 9.17) is 15.0 Å². The van der Waals surface area contributed by atoms with Crippen LogP contribution >= 0.6 is 0 Å². The molecular weight excluding hydrogens is 322 g/mol. The zero-order valence-electron chi connectivity index (χ0n) is 15.1. The van der Waals surface area contributed by atoms with Crippen molar-refractivity contribution in [1.29, 1.82) is 5.26 Å². The fourth-order valence-electron chi connectivity index (χ4n) is 5.65. The van der Waals surface area contributed by atoms with Gasteiger partial charge in [-0.25, -0.2) is 0 Å². The van der Waals surface area contributed by atoms with Crippen molar-refractivity contribution in [3.63, 3.8) is 0 Å². The molecule has 1 saturated carbocycles. The minimum atomic E-state index is 0.0134. The van der Waals surface area contributed by atoms with Gasteiger partial charge in [0.1, 0.15) is 0 Å².